The molecule has 0 aromatic heterocycles. The van der Waals surface area contributed by atoms with Gasteiger partial charge in [0.1, 0.15) is 11.5 Å². The molecule has 1 aliphatic rings. The van der Waals surface area contributed by atoms with Gasteiger partial charge in [-0.3, -0.25) is 9.59 Å². The van der Waals surface area contributed by atoms with Crippen LogP contribution in [0.4, 0.5) is 5.69 Å². The number of amides is 2. The zero-order valence-electron chi connectivity index (χ0n) is 16.6. The molecule has 3 rings (SSSR count). The molecule has 2 aromatic rings. The molecule has 7 heteroatoms. The molecule has 0 spiro atoms. The Morgan fingerprint density at radius 2 is 1.97 bits per heavy atom. The van der Waals surface area contributed by atoms with Crippen molar-refractivity contribution in [2.45, 2.75) is 12.8 Å². The van der Waals surface area contributed by atoms with Gasteiger partial charge < -0.3 is 25.4 Å². The molecule has 1 atom stereocenters. The van der Waals surface area contributed by atoms with Crippen LogP contribution in [0.3, 0.4) is 0 Å². The Labute approximate surface area is 170 Å². The van der Waals surface area contributed by atoms with E-state index in [9.17, 15) is 9.59 Å². The van der Waals surface area contributed by atoms with E-state index < -0.39 is 0 Å². The molecule has 0 radical (unpaired) electrons. The molecule has 2 aromatic carbocycles. The van der Waals surface area contributed by atoms with Crippen molar-refractivity contribution in [1.29, 1.82) is 0 Å². The Bertz CT molecular complexity index is 817. The predicted molar refractivity (Wildman–Crippen MR) is 111 cm³/mol. The van der Waals surface area contributed by atoms with Gasteiger partial charge in [-0.1, -0.05) is 6.07 Å². The van der Waals surface area contributed by atoms with Gasteiger partial charge in [0.05, 0.1) is 7.11 Å². The lowest BCUT2D eigenvalue weighted by molar-refractivity contribution is -0.118. The number of methoxy groups -OCH3 is 1. The molecule has 3 N–H and O–H groups in total. The van der Waals surface area contributed by atoms with Gasteiger partial charge in [-0.2, -0.15) is 0 Å². The fourth-order valence-electron chi connectivity index (χ4n) is 3.19. The van der Waals surface area contributed by atoms with Crippen molar-refractivity contribution in [3.05, 3.63) is 54.1 Å². The first-order valence-electron chi connectivity index (χ1n) is 9.80. The van der Waals surface area contributed by atoms with Crippen LogP contribution in [0.5, 0.6) is 11.5 Å². The van der Waals surface area contributed by atoms with E-state index in [2.05, 4.69) is 16.0 Å². The van der Waals surface area contributed by atoms with Crippen molar-refractivity contribution in [3.63, 3.8) is 0 Å². The first kappa shape index (κ1) is 20.7. The van der Waals surface area contributed by atoms with Crippen molar-refractivity contribution in [3.8, 4) is 11.5 Å². The molecule has 1 fully saturated rings. The summed E-state index contributed by atoms with van der Waals surface area (Å²) in [5.41, 5.74) is 1.21. The van der Waals surface area contributed by atoms with Crippen LogP contribution in [0.1, 0.15) is 23.2 Å². The van der Waals surface area contributed by atoms with Crippen LogP contribution in [0.15, 0.2) is 48.5 Å². The van der Waals surface area contributed by atoms with Gasteiger partial charge in [0.25, 0.3) is 11.8 Å². The Kier molecular flexibility index (Phi) is 7.47. The van der Waals surface area contributed by atoms with E-state index in [1.54, 1.807) is 55.6 Å². The lowest BCUT2D eigenvalue weighted by Gasteiger charge is -2.22. The fraction of sp³-hybridized carbons (Fsp3) is 0.364. The molecule has 7 nitrogen and oxygen atoms in total. The van der Waals surface area contributed by atoms with Gasteiger partial charge in [0, 0.05) is 23.9 Å². The average molecular weight is 397 g/mol. The Morgan fingerprint density at radius 3 is 2.69 bits per heavy atom. The smallest absolute Gasteiger partial charge is 0.262 e. The molecule has 2 amide bonds. The summed E-state index contributed by atoms with van der Waals surface area (Å²) in [6.07, 6.45) is 2.29. The fourth-order valence-corrected chi connectivity index (χ4v) is 3.19. The second kappa shape index (κ2) is 10.5. The number of carbonyl (C=O) groups is 2. The highest BCUT2D eigenvalue weighted by molar-refractivity contribution is 5.94. The molecular formula is C22H27N3O4. The molecule has 0 aliphatic carbocycles. The molecule has 29 heavy (non-hydrogen) atoms. The van der Waals surface area contributed by atoms with E-state index in [1.807, 2.05) is 0 Å². The van der Waals surface area contributed by atoms with E-state index in [-0.39, 0.29) is 18.4 Å². The second-order valence-corrected chi connectivity index (χ2v) is 7.02. The van der Waals surface area contributed by atoms with Gasteiger partial charge in [0.2, 0.25) is 0 Å². The minimum atomic E-state index is -0.277. The molecule has 0 bridgehead atoms. The van der Waals surface area contributed by atoms with E-state index in [1.165, 1.54) is 0 Å². The van der Waals surface area contributed by atoms with Crippen molar-refractivity contribution in [1.82, 2.24) is 10.6 Å². The Balaban J connectivity index is 1.43. The van der Waals surface area contributed by atoms with E-state index in [0.29, 0.717) is 35.2 Å². The van der Waals surface area contributed by atoms with Crippen molar-refractivity contribution in [2.24, 2.45) is 5.92 Å². The number of ether oxygens (including phenoxy) is 2. The highest BCUT2D eigenvalue weighted by Gasteiger charge is 2.14. The highest BCUT2D eigenvalue weighted by Crippen LogP contribution is 2.17. The van der Waals surface area contributed by atoms with Crippen LogP contribution in [-0.2, 0) is 4.79 Å². The van der Waals surface area contributed by atoms with Crippen LogP contribution >= 0.6 is 0 Å². The summed E-state index contributed by atoms with van der Waals surface area (Å²) in [6.45, 7) is 2.56. The van der Waals surface area contributed by atoms with Crippen LogP contribution in [0.25, 0.3) is 0 Å². The van der Waals surface area contributed by atoms with Crippen molar-refractivity contribution in [2.75, 3.05) is 38.7 Å². The monoisotopic (exact) mass is 397 g/mol. The predicted octanol–water partition coefficient (Wildman–Crippen LogP) is 2.44. The molecule has 1 saturated heterocycles. The topological polar surface area (TPSA) is 88.7 Å². The van der Waals surface area contributed by atoms with Gasteiger partial charge in [-0.25, -0.2) is 0 Å². The van der Waals surface area contributed by atoms with Crippen LogP contribution in [0.2, 0.25) is 0 Å². The average Bonchev–Trinajstić information content (AvgIpc) is 2.77. The Hall–Kier alpha value is -3.06. The minimum absolute atomic E-state index is 0.0992. The first-order chi connectivity index (χ1) is 14.1. The maximum absolute atomic E-state index is 12.3. The lowest BCUT2D eigenvalue weighted by atomic mass is 10.00. The third kappa shape index (κ3) is 6.50. The van der Waals surface area contributed by atoms with Gasteiger partial charge in [-0.15, -0.1) is 0 Å². The summed E-state index contributed by atoms with van der Waals surface area (Å²) >= 11 is 0. The summed E-state index contributed by atoms with van der Waals surface area (Å²) in [4.78, 5) is 24.3. The van der Waals surface area contributed by atoms with E-state index in [4.69, 9.17) is 9.47 Å². The number of anilines is 1. The summed E-state index contributed by atoms with van der Waals surface area (Å²) < 4.78 is 10.6. The third-order valence-corrected chi connectivity index (χ3v) is 4.79. The zero-order chi connectivity index (χ0) is 20.5. The number of benzene rings is 2. The van der Waals surface area contributed by atoms with Crippen LogP contribution in [0, 0.1) is 5.92 Å². The summed E-state index contributed by atoms with van der Waals surface area (Å²) in [5, 5.41) is 9.08. The molecule has 154 valence electrons. The third-order valence-electron chi connectivity index (χ3n) is 4.79. The quantitative estimate of drug-likeness (QED) is 0.637. The summed E-state index contributed by atoms with van der Waals surface area (Å²) in [7, 11) is 1.57. The number of nitrogens with one attached hydrogen (secondary N) is 3. The maximum atomic E-state index is 12.3. The maximum Gasteiger partial charge on any atom is 0.262 e. The molecule has 1 heterocycles. The first-order valence-corrected chi connectivity index (χ1v) is 9.80. The highest BCUT2D eigenvalue weighted by atomic mass is 16.5. The molecule has 0 saturated carbocycles. The normalized spacial score (nSPS) is 16.0. The van der Waals surface area contributed by atoms with E-state index in [0.717, 1.165) is 25.9 Å². The molecule has 1 unspecified atom stereocenters. The minimum Gasteiger partial charge on any atom is -0.497 e. The molecular weight excluding hydrogens is 370 g/mol. The number of piperidine rings is 1. The standard InChI is InChI=1S/C22H27N3O4/c1-28-20-6-2-5-18(12-20)25-21(26)15-29-19-9-7-17(8-10-19)22(27)24-14-16-4-3-11-23-13-16/h2,5-10,12,16,23H,3-4,11,13-15H2,1H3,(H,24,27)(H,25,26). The number of rotatable bonds is 8. The largest absolute Gasteiger partial charge is 0.497 e. The zero-order valence-corrected chi connectivity index (χ0v) is 16.6. The number of carbonyl (C=O) groups excluding carboxylic acids is 2. The van der Waals surface area contributed by atoms with Gasteiger partial charge in [-0.05, 0) is 68.2 Å². The van der Waals surface area contributed by atoms with Crippen LogP contribution in [-0.4, -0.2) is 45.2 Å². The van der Waals surface area contributed by atoms with Gasteiger partial charge in [0.15, 0.2) is 6.61 Å². The van der Waals surface area contributed by atoms with E-state index >= 15 is 0 Å². The van der Waals surface area contributed by atoms with Crippen molar-refractivity contribution >= 4 is 17.5 Å². The summed E-state index contributed by atoms with van der Waals surface area (Å²) in [6, 6.07) is 13.9. The summed E-state index contributed by atoms with van der Waals surface area (Å²) in [5.74, 6) is 1.30. The van der Waals surface area contributed by atoms with Crippen molar-refractivity contribution < 1.29 is 19.1 Å². The Morgan fingerprint density at radius 1 is 1.14 bits per heavy atom. The van der Waals surface area contributed by atoms with Crippen LogP contribution < -0.4 is 25.4 Å². The lowest BCUT2D eigenvalue weighted by Crippen LogP contribution is -2.38. The number of hydrogen-bond acceptors (Lipinski definition) is 5. The second-order valence-electron chi connectivity index (χ2n) is 7.02. The van der Waals surface area contributed by atoms with Gasteiger partial charge >= 0.3 is 0 Å². The molecule has 1 aliphatic heterocycles. The SMILES string of the molecule is COc1cccc(NC(=O)COc2ccc(C(=O)NCC3CCCNC3)cc2)c1. The number of hydrogen-bond donors (Lipinski definition) is 3.